The molecule has 1 nitrogen and oxygen atoms in total. The van der Waals surface area contributed by atoms with Crippen molar-refractivity contribution in [1.29, 1.82) is 0 Å². The van der Waals surface area contributed by atoms with Crippen LogP contribution in [0.15, 0.2) is 0 Å². The van der Waals surface area contributed by atoms with Gasteiger partial charge in [0, 0.05) is 18.6 Å². The Morgan fingerprint density at radius 3 is 1.72 bits per heavy atom. The molecule has 32 heavy (non-hydrogen) atoms. The van der Waals surface area contributed by atoms with E-state index in [1.54, 1.807) is 0 Å². The quantitative estimate of drug-likeness (QED) is 0.212. The fraction of sp³-hybridized carbons (Fsp3) is 1.00. The van der Waals surface area contributed by atoms with Crippen molar-refractivity contribution in [1.82, 2.24) is 4.90 Å². The second kappa shape index (κ2) is 17.4. The van der Waals surface area contributed by atoms with Crippen LogP contribution in [0.5, 0.6) is 0 Å². The summed E-state index contributed by atoms with van der Waals surface area (Å²) in [6.07, 6.45) is 21.3. The first-order valence-corrected chi connectivity index (χ1v) is 15.2. The summed E-state index contributed by atoms with van der Waals surface area (Å²) >= 11 is 0. The van der Waals surface area contributed by atoms with Crippen molar-refractivity contribution in [3.8, 4) is 0 Å². The van der Waals surface area contributed by atoms with Crippen molar-refractivity contribution < 1.29 is 0 Å². The summed E-state index contributed by atoms with van der Waals surface area (Å²) in [5, 5.41) is 0. The molecular formula is C31H63N. The van der Waals surface area contributed by atoms with Gasteiger partial charge in [-0.15, -0.1) is 0 Å². The number of likely N-dealkylation sites (tertiary alicyclic amines) is 1. The van der Waals surface area contributed by atoms with Crippen molar-refractivity contribution in [2.45, 2.75) is 164 Å². The van der Waals surface area contributed by atoms with Gasteiger partial charge in [-0.1, -0.05) is 119 Å². The summed E-state index contributed by atoms with van der Waals surface area (Å²) in [6, 6.07) is 1.49. The third-order valence-electron chi connectivity index (χ3n) is 8.94. The first-order chi connectivity index (χ1) is 15.5. The van der Waals surface area contributed by atoms with E-state index in [0.29, 0.717) is 6.04 Å². The van der Waals surface area contributed by atoms with Crippen molar-refractivity contribution in [2.24, 2.45) is 29.6 Å². The van der Waals surface area contributed by atoms with Gasteiger partial charge in [0.1, 0.15) is 0 Å². The normalized spacial score (nSPS) is 29.9. The SMILES string of the molecule is CCCCCCC1C(CCCCC)C(CCCC)C(CCC)C(CC)C(C)CN1C(C)C. The van der Waals surface area contributed by atoms with Crippen molar-refractivity contribution >= 4 is 0 Å². The van der Waals surface area contributed by atoms with Crippen molar-refractivity contribution in [3.05, 3.63) is 0 Å². The van der Waals surface area contributed by atoms with Gasteiger partial charge in [0.15, 0.2) is 0 Å². The molecule has 1 aliphatic heterocycles. The predicted octanol–water partition coefficient (Wildman–Crippen LogP) is 10.1. The van der Waals surface area contributed by atoms with Gasteiger partial charge in [-0.3, -0.25) is 4.90 Å². The molecule has 0 N–H and O–H groups in total. The van der Waals surface area contributed by atoms with Crippen LogP contribution in [0.2, 0.25) is 0 Å². The topological polar surface area (TPSA) is 3.24 Å². The van der Waals surface area contributed by atoms with Crippen LogP contribution in [0.4, 0.5) is 0 Å². The average molecular weight is 450 g/mol. The average Bonchev–Trinajstić information content (AvgIpc) is 2.76. The Balaban J connectivity index is 3.40. The lowest BCUT2D eigenvalue weighted by Gasteiger charge is -2.52. The molecule has 6 unspecified atom stereocenters. The minimum Gasteiger partial charge on any atom is -0.297 e. The highest BCUT2D eigenvalue weighted by atomic mass is 15.2. The fourth-order valence-corrected chi connectivity index (χ4v) is 7.32. The number of rotatable bonds is 16. The van der Waals surface area contributed by atoms with Gasteiger partial charge in [-0.2, -0.15) is 0 Å². The lowest BCUT2D eigenvalue weighted by Crippen LogP contribution is -2.53. The van der Waals surface area contributed by atoms with E-state index in [9.17, 15) is 0 Å². The van der Waals surface area contributed by atoms with E-state index in [-0.39, 0.29) is 0 Å². The molecule has 0 saturated carbocycles. The minimum absolute atomic E-state index is 0.675. The highest BCUT2D eigenvalue weighted by molar-refractivity contribution is 4.94. The standard InChI is InChI=1S/C31H63N/c1-9-14-17-19-23-31-30(22-18-15-10-2)29(21-16-11-3)28(20-12-4)27(13-5)26(8)24-32(31)25(6)7/h25-31H,9-24H2,1-8H3. The number of hydrogen-bond donors (Lipinski definition) is 0. The molecule has 0 aromatic rings. The van der Waals surface area contributed by atoms with Gasteiger partial charge in [0.05, 0.1) is 0 Å². The lowest BCUT2D eigenvalue weighted by molar-refractivity contribution is -0.0275. The summed E-state index contributed by atoms with van der Waals surface area (Å²) < 4.78 is 0. The minimum atomic E-state index is 0.675. The summed E-state index contributed by atoms with van der Waals surface area (Å²) in [5.41, 5.74) is 0. The molecule has 1 fully saturated rings. The van der Waals surface area contributed by atoms with Gasteiger partial charge >= 0.3 is 0 Å². The van der Waals surface area contributed by atoms with E-state index in [1.807, 2.05) is 0 Å². The molecule has 1 heteroatoms. The monoisotopic (exact) mass is 449 g/mol. The van der Waals surface area contributed by atoms with Crippen LogP contribution in [0.1, 0.15) is 152 Å². The molecule has 1 rings (SSSR count). The van der Waals surface area contributed by atoms with Crippen LogP contribution >= 0.6 is 0 Å². The smallest absolute Gasteiger partial charge is 0.0129 e. The molecule has 0 amide bonds. The molecule has 1 saturated heterocycles. The largest absolute Gasteiger partial charge is 0.297 e. The zero-order chi connectivity index (χ0) is 23.9. The van der Waals surface area contributed by atoms with Gasteiger partial charge < -0.3 is 0 Å². The van der Waals surface area contributed by atoms with Crippen molar-refractivity contribution in [2.75, 3.05) is 6.54 Å². The van der Waals surface area contributed by atoms with Crippen LogP contribution in [0.25, 0.3) is 0 Å². The molecule has 0 aliphatic carbocycles. The Hall–Kier alpha value is -0.0400. The van der Waals surface area contributed by atoms with Crippen LogP contribution in [-0.4, -0.2) is 23.5 Å². The molecule has 0 radical (unpaired) electrons. The number of hydrogen-bond acceptors (Lipinski definition) is 1. The van der Waals surface area contributed by atoms with Crippen LogP contribution in [0, 0.1) is 29.6 Å². The van der Waals surface area contributed by atoms with Crippen LogP contribution < -0.4 is 0 Å². The molecule has 0 aromatic carbocycles. The van der Waals surface area contributed by atoms with E-state index in [1.165, 1.54) is 103 Å². The first-order valence-electron chi connectivity index (χ1n) is 15.2. The van der Waals surface area contributed by atoms with Crippen LogP contribution in [-0.2, 0) is 0 Å². The number of nitrogens with zero attached hydrogens (tertiary/aromatic N) is 1. The Morgan fingerprint density at radius 1 is 0.594 bits per heavy atom. The summed E-state index contributed by atoms with van der Waals surface area (Å²) in [5.74, 6) is 4.54. The second-order valence-electron chi connectivity index (χ2n) is 11.7. The number of unbranched alkanes of at least 4 members (excludes halogenated alkanes) is 6. The first kappa shape index (κ1) is 30.0. The predicted molar refractivity (Wildman–Crippen MR) is 146 cm³/mol. The lowest BCUT2D eigenvalue weighted by atomic mass is 9.62. The summed E-state index contributed by atoms with van der Waals surface area (Å²) in [4.78, 5) is 3.01. The van der Waals surface area contributed by atoms with Gasteiger partial charge in [0.2, 0.25) is 0 Å². The third-order valence-corrected chi connectivity index (χ3v) is 8.94. The van der Waals surface area contributed by atoms with E-state index in [4.69, 9.17) is 0 Å². The molecule has 0 bridgehead atoms. The third kappa shape index (κ3) is 9.31. The molecule has 0 aromatic heterocycles. The molecule has 192 valence electrons. The molecular weight excluding hydrogens is 386 g/mol. The maximum Gasteiger partial charge on any atom is 0.0129 e. The zero-order valence-corrected chi connectivity index (χ0v) is 23.8. The van der Waals surface area contributed by atoms with E-state index in [0.717, 1.165) is 35.6 Å². The summed E-state index contributed by atoms with van der Waals surface area (Å²) in [7, 11) is 0. The van der Waals surface area contributed by atoms with Gasteiger partial charge in [-0.25, -0.2) is 0 Å². The highest BCUT2D eigenvalue weighted by Gasteiger charge is 2.43. The fourth-order valence-electron chi connectivity index (χ4n) is 7.32. The zero-order valence-electron chi connectivity index (χ0n) is 23.8. The highest BCUT2D eigenvalue weighted by Crippen LogP contribution is 2.46. The molecule has 0 spiro atoms. The molecule has 1 aliphatic rings. The van der Waals surface area contributed by atoms with Gasteiger partial charge in [-0.05, 0) is 62.7 Å². The van der Waals surface area contributed by atoms with E-state index in [2.05, 4.69) is 60.3 Å². The maximum atomic E-state index is 3.01. The van der Waals surface area contributed by atoms with E-state index >= 15 is 0 Å². The van der Waals surface area contributed by atoms with E-state index < -0.39 is 0 Å². The van der Waals surface area contributed by atoms with Crippen LogP contribution in [0.3, 0.4) is 0 Å². The Bertz CT molecular complexity index is 430. The molecule has 1 heterocycles. The van der Waals surface area contributed by atoms with Gasteiger partial charge in [0.25, 0.3) is 0 Å². The van der Waals surface area contributed by atoms with Crippen molar-refractivity contribution in [3.63, 3.8) is 0 Å². The summed E-state index contributed by atoms with van der Waals surface area (Å²) in [6.45, 7) is 21.0. The molecule has 6 atom stereocenters. The second-order valence-corrected chi connectivity index (χ2v) is 11.7. The maximum absolute atomic E-state index is 3.01. The Morgan fingerprint density at radius 2 is 1.16 bits per heavy atom. The Labute approximate surface area is 204 Å². The Kier molecular flexibility index (Phi) is 16.3.